The van der Waals surface area contributed by atoms with Gasteiger partial charge >= 0.3 is 6.61 Å². The van der Waals surface area contributed by atoms with Gasteiger partial charge in [-0.05, 0) is 37.7 Å². The summed E-state index contributed by atoms with van der Waals surface area (Å²) in [6.07, 6.45) is 2.71. The van der Waals surface area contributed by atoms with Crippen LogP contribution in [-0.4, -0.2) is 45.2 Å². The number of thiophene rings is 1. The highest BCUT2D eigenvalue weighted by Crippen LogP contribution is 2.33. The Morgan fingerprint density at radius 2 is 2.07 bits per heavy atom. The Morgan fingerprint density at radius 3 is 2.67 bits per heavy atom. The van der Waals surface area contributed by atoms with E-state index >= 15 is 0 Å². The molecule has 1 amide bonds. The molecule has 0 bridgehead atoms. The van der Waals surface area contributed by atoms with Crippen LogP contribution in [0.1, 0.15) is 16.5 Å². The summed E-state index contributed by atoms with van der Waals surface area (Å²) in [6.45, 7) is -2.57. The predicted molar refractivity (Wildman–Crippen MR) is 102 cm³/mol. The molecule has 1 atom stereocenters. The minimum absolute atomic E-state index is 0.0527. The number of hydrogen-bond acceptors (Lipinski definition) is 5. The zero-order valence-corrected chi connectivity index (χ0v) is 16.1. The lowest BCUT2D eigenvalue weighted by Gasteiger charge is -2.23. The van der Waals surface area contributed by atoms with Crippen LogP contribution in [0, 0.1) is 0 Å². The second-order valence-electron chi connectivity index (χ2n) is 5.83. The number of rotatable bonds is 9. The van der Waals surface area contributed by atoms with Crippen LogP contribution in [0.5, 0.6) is 11.5 Å². The number of amides is 1. The molecule has 27 heavy (non-hydrogen) atoms. The van der Waals surface area contributed by atoms with Gasteiger partial charge in [0.1, 0.15) is 0 Å². The van der Waals surface area contributed by atoms with Gasteiger partial charge in [0.2, 0.25) is 5.91 Å². The third-order valence-corrected chi connectivity index (χ3v) is 4.79. The van der Waals surface area contributed by atoms with Crippen LogP contribution in [0.25, 0.3) is 6.08 Å². The topological polar surface area (TPSA) is 50.8 Å². The molecule has 0 fully saturated rings. The van der Waals surface area contributed by atoms with Crippen LogP contribution in [-0.2, 0) is 4.79 Å². The monoisotopic (exact) mass is 396 g/mol. The average molecular weight is 396 g/mol. The summed E-state index contributed by atoms with van der Waals surface area (Å²) < 4.78 is 34.9. The Kier molecular flexibility index (Phi) is 7.75. The summed E-state index contributed by atoms with van der Waals surface area (Å²) in [5.41, 5.74) is 0.326. The van der Waals surface area contributed by atoms with Gasteiger partial charge in [-0.1, -0.05) is 18.2 Å². The Labute approximate surface area is 161 Å². The molecule has 0 spiro atoms. The van der Waals surface area contributed by atoms with Crippen LogP contribution in [0.15, 0.2) is 41.8 Å². The number of para-hydroxylation sites is 1. The molecule has 1 unspecified atom stereocenters. The molecule has 2 rings (SSSR count). The van der Waals surface area contributed by atoms with Crippen molar-refractivity contribution in [2.45, 2.75) is 12.7 Å². The molecule has 0 aliphatic carbocycles. The third kappa shape index (κ3) is 6.04. The lowest BCUT2D eigenvalue weighted by Crippen LogP contribution is -2.33. The van der Waals surface area contributed by atoms with Crippen molar-refractivity contribution in [2.24, 2.45) is 0 Å². The van der Waals surface area contributed by atoms with E-state index in [1.807, 2.05) is 36.5 Å². The van der Waals surface area contributed by atoms with Gasteiger partial charge in [0.25, 0.3) is 0 Å². The lowest BCUT2D eigenvalue weighted by molar-refractivity contribution is -0.116. The number of hydrogen-bond donors (Lipinski definition) is 1. The fourth-order valence-electron chi connectivity index (χ4n) is 2.48. The zero-order chi connectivity index (χ0) is 19.8. The van der Waals surface area contributed by atoms with Crippen LogP contribution < -0.4 is 14.8 Å². The second-order valence-corrected chi connectivity index (χ2v) is 6.81. The normalized spacial score (nSPS) is 12.6. The third-order valence-electron chi connectivity index (χ3n) is 3.82. The molecule has 2 aromatic rings. The van der Waals surface area contributed by atoms with Gasteiger partial charge < -0.3 is 19.7 Å². The summed E-state index contributed by atoms with van der Waals surface area (Å²) in [6, 6.07) is 8.74. The standard InChI is InChI=1S/C19H22F2N2O3S/c1-23(2)14(16-8-5-11-27-16)12-22-17(24)10-9-13-6-4-7-15(25-3)18(13)26-19(20)21/h4-11,14,19H,12H2,1-3H3,(H,22,24)/b10-9-. The minimum Gasteiger partial charge on any atom is -0.493 e. The summed E-state index contributed by atoms with van der Waals surface area (Å²) in [5, 5.41) is 4.82. The largest absolute Gasteiger partial charge is 0.493 e. The molecule has 0 aliphatic rings. The molecule has 0 saturated heterocycles. The smallest absolute Gasteiger partial charge is 0.387 e. The van der Waals surface area contributed by atoms with Crippen molar-refractivity contribution < 1.29 is 23.0 Å². The van der Waals surface area contributed by atoms with Crippen LogP contribution in [0.4, 0.5) is 8.78 Å². The molecule has 1 aromatic carbocycles. The van der Waals surface area contributed by atoms with Crippen LogP contribution in [0.2, 0.25) is 0 Å². The van der Waals surface area contributed by atoms with Gasteiger partial charge in [0.05, 0.1) is 13.2 Å². The van der Waals surface area contributed by atoms with Crippen molar-refractivity contribution >= 4 is 23.3 Å². The van der Waals surface area contributed by atoms with Crippen molar-refractivity contribution in [3.63, 3.8) is 0 Å². The van der Waals surface area contributed by atoms with E-state index in [1.54, 1.807) is 23.5 Å². The predicted octanol–water partition coefficient (Wildman–Crippen LogP) is 3.79. The average Bonchev–Trinajstić information content (AvgIpc) is 3.14. The van der Waals surface area contributed by atoms with E-state index in [2.05, 4.69) is 10.1 Å². The highest BCUT2D eigenvalue weighted by molar-refractivity contribution is 7.10. The Balaban J connectivity index is 2.06. The van der Waals surface area contributed by atoms with Gasteiger partial charge in [-0.15, -0.1) is 11.3 Å². The molecule has 0 radical (unpaired) electrons. The quantitative estimate of drug-likeness (QED) is 0.656. The maximum atomic E-state index is 12.7. The number of ether oxygens (including phenoxy) is 2. The van der Waals surface area contributed by atoms with Crippen molar-refractivity contribution in [1.29, 1.82) is 0 Å². The first-order valence-corrected chi connectivity index (χ1v) is 9.08. The van der Waals surface area contributed by atoms with Gasteiger partial charge in [-0.2, -0.15) is 8.78 Å². The molecule has 1 aromatic heterocycles. The van der Waals surface area contributed by atoms with Gasteiger partial charge in [0, 0.05) is 23.1 Å². The summed E-state index contributed by atoms with van der Waals surface area (Å²) >= 11 is 1.62. The van der Waals surface area contributed by atoms with E-state index < -0.39 is 6.61 Å². The number of benzene rings is 1. The number of likely N-dealkylation sites (N-methyl/N-ethyl adjacent to an activating group) is 1. The fourth-order valence-corrected chi connectivity index (χ4v) is 3.40. The first-order chi connectivity index (χ1) is 12.9. The lowest BCUT2D eigenvalue weighted by atomic mass is 10.1. The number of methoxy groups -OCH3 is 1. The molecule has 8 heteroatoms. The van der Waals surface area contributed by atoms with E-state index in [1.165, 1.54) is 25.3 Å². The maximum absolute atomic E-state index is 12.7. The van der Waals surface area contributed by atoms with Crippen molar-refractivity contribution in [3.05, 3.63) is 52.2 Å². The maximum Gasteiger partial charge on any atom is 0.387 e. The first kappa shape index (κ1) is 20.9. The van der Waals surface area contributed by atoms with Crippen molar-refractivity contribution in [3.8, 4) is 11.5 Å². The highest BCUT2D eigenvalue weighted by Gasteiger charge is 2.16. The van der Waals surface area contributed by atoms with E-state index in [4.69, 9.17) is 4.74 Å². The fraction of sp³-hybridized carbons (Fsp3) is 0.316. The van der Waals surface area contributed by atoms with Crippen LogP contribution >= 0.6 is 11.3 Å². The van der Waals surface area contributed by atoms with Gasteiger partial charge in [0.15, 0.2) is 11.5 Å². The zero-order valence-electron chi connectivity index (χ0n) is 15.3. The van der Waals surface area contributed by atoms with E-state index in [-0.39, 0.29) is 23.4 Å². The molecule has 1 heterocycles. The van der Waals surface area contributed by atoms with Crippen molar-refractivity contribution in [1.82, 2.24) is 10.2 Å². The van der Waals surface area contributed by atoms with Crippen molar-refractivity contribution in [2.75, 3.05) is 27.7 Å². The number of nitrogens with zero attached hydrogens (tertiary/aromatic N) is 1. The molecule has 5 nitrogen and oxygen atoms in total. The Morgan fingerprint density at radius 1 is 1.30 bits per heavy atom. The first-order valence-electron chi connectivity index (χ1n) is 8.20. The summed E-state index contributed by atoms with van der Waals surface area (Å²) in [7, 11) is 5.24. The van der Waals surface area contributed by atoms with Gasteiger partial charge in [-0.25, -0.2) is 0 Å². The Hall–Kier alpha value is -2.45. The molecule has 1 N–H and O–H groups in total. The van der Waals surface area contributed by atoms with Crippen LogP contribution in [0.3, 0.4) is 0 Å². The number of halogens is 2. The molecule has 0 aliphatic heterocycles. The van der Waals surface area contributed by atoms with E-state index in [0.29, 0.717) is 12.1 Å². The van der Waals surface area contributed by atoms with E-state index in [9.17, 15) is 13.6 Å². The number of carbonyl (C=O) groups excluding carboxylic acids is 1. The highest BCUT2D eigenvalue weighted by atomic mass is 32.1. The number of alkyl halides is 2. The Bertz CT molecular complexity index is 764. The SMILES string of the molecule is COc1cccc(/C=C\C(=O)NCC(c2cccs2)N(C)C)c1OC(F)F. The molecule has 146 valence electrons. The molecular formula is C19H22F2N2O3S. The summed E-state index contributed by atoms with van der Waals surface area (Å²) in [4.78, 5) is 15.3. The minimum atomic E-state index is -2.99. The van der Waals surface area contributed by atoms with Gasteiger partial charge in [-0.3, -0.25) is 4.79 Å². The molecular weight excluding hydrogens is 374 g/mol. The van der Waals surface area contributed by atoms with E-state index in [0.717, 1.165) is 4.88 Å². The number of carbonyl (C=O) groups is 1. The number of nitrogens with one attached hydrogen (secondary N) is 1. The summed E-state index contributed by atoms with van der Waals surface area (Å²) in [5.74, 6) is -0.267. The molecule has 0 saturated carbocycles. The second kappa shape index (κ2) is 10.0.